The van der Waals surface area contributed by atoms with Crippen LogP contribution in [-0.4, -0.2) is 33.6 Å². The Kier molecular flexibility index (Phi) is 4.92. The highest BCUT2D eigenvalue weighted by Crippen LogP contribution is 2.25. The lowest BCUT2D eigenvalue weighted by atomic mass is 10.2. The summed E-state index contributed by atoms with van der Waals surface area (Å²) in [5.74, 6) is -0.609. The second kappa shape index (κ2) is 7.29. The number of amides is 1. The number of pyridine rings is 1. The number of imidazole rings is 1. The van der Waals surface area contributed by atoms with Crippen molar-refractivity contribution in [2.75, 3.05) is 18.5 Å². The fourth-order valence-corrected chi connectivity index (χ4v) is 2.37. The van der Waals surface area contributed by atoms with E-state index in [2.05, 4.69) is 15.8 Å². The van der Waals surface area contributed by atoms with Crippen molar-refractivity contribution in [1.29, 1.82) is 0 Å². The molecule has 25 heavy (non-hydrogen) atoms. The van der Waals surface area contributed by atoms with E-state index in [4.69, 9.17) is 9.94 Å². The van der Waals surface area contributed by atoms with E-state index in [0.717, 1.165) is 11.1 Å². The van der Waals surface area contributed by atoms with Crippen molar-refractivity contribution in [2.24, 2.45) is 0 Å². The Morgan fingerprint density at radius 2 is 2.20 bits per heavy atom. The molecule has 0 fully saturated rings. The molecule has 3 aromatic rings. The molecule has 0 saturated heterocycles. The molecule has 0 aliphatic rings. The lowest BCUT2D eigenvalue weighted by Gasteiger charge is -2.15. The first-order valence-corrected chi connectivity index (χ1v) is 7.61. The zero-order chi connectivity index (χ0) is 17.8. The third-order valence-electron chi connectivity index (χ3n) is 3.56. The van der Waals surface area contributed by atoms with Gasteiger partial charge in [-0.1, -0.05) is 6.07 Å². The highest BCUT2D eigenvalue weighted by atomic mass is 19.1. The van der Waals surface area contributed by atoms with E-state index < -0.39 is 11.7 Å². The van der Waals surface area contributed by atoms with Crippen molar-refractivity contribution in [3.8, 4) is 0 Å². The van der Waals surface area contributed by atoms with Crippen LogP contribution in [0.3, 0.4) is 0 Å². The number of aliphatic hydroxyl groups is 1. The van der Waals surface area contributed by atoms with Crippen LogP contribution in [0.15, 0.2) is 42.9 Å². The molecule has 0 unspecified atom stereocenters. The number of anilines is 2. The highest BCUT2D eigenvalue weighted by Gasteiger charge is 2.16. The first-order chi connectivity index (χ1) is 12.1. The van der Waals surface area contributed by atoms with Gasteiger partial charge in [0.15, 0.2) is 0 Å². The molecule has 0 aliphatic heterocycles. The quantitative estimate of drug-likeness (QED) is 0.471. The number of hydroxylamine groups is 1. The minimum atomic E-state index is -0.529. The minimum absolute atomic E-state index is 0.0333. The van der Waals surface area contributed by atoms with Gasteiger partial charge in [-0.05, 0) is 36.8 Å². The number of nitrogens with one attached hydrogen (secondary N) is 2. The number of nitrogens with zero attached hydrogens (tertiary/aromatic N) is 2. The maximum Gasteiger partial charge on any atom is 0.278 e. The van der Waals surface area contributed by atoms with E-state index in [1.807, 2.05) is 0 Å². The Bertz CT molecular complexity index is 910. The van der Waals surface area contributed by atoms with Crippen LogP contribution < -0.4 is 10.8 Å². The van der Waals surface area contributed by atoms with E-state index in [9.17, 15) is 9.18 Å². The van der Waals surface area contributed by atoms with Crippen molar-refractivity contribution in [3.63, 3.8) is 0 Å². The van der Waals surface area contributed by atoms with Gasteiger partial charge >= 0.3 is 0 Å². The van der Waals surface area contributed by atoms with Crippen LogP contribution in [0.4, 0.5) is 15.9 Å². The van der Waals surface area contributed by atoms with Crippen LogP contribution in [0.1, 0.15) is 15.9 Å². The molecular weight excluding hydrogens is 327 g/mol. The Morgan fingerprint density at radius 1 is 1.36 bits per heavy atom. The Hall–Kier alpha value is -2.97. The Morgan fingerprint density at radius 3 is 2.96 bits per heavy atom. The first kappa shape index (κ1) is 16.9. The maximum absolute atomic E-state index is 14.2. The molecule has 0 aliphatic carbocycles. The topological polar surface area (TPSA) is 87.9 Å². The van der Waals surface area contributed by atoms with Gasteiger partial charge in [-0.25, -0.2) is 14.9 Å². The van der Waals surface area contributed by atoms with Gasteiger partial charge in [0.1, 0.15) is 18.0 Å². The van der Waals surface area contributed by atoms with E-state index >= 15 is 0 Å². The molecule has 1 amide bonds. The molecule has 2 heterocycles. The van der Waals surface area contributed by atoms with E-state index in [1.165, 1.54) is 12.4 Å². The number of halogens is 1. The number of aromatic nitrogens is 2. The molecule has 0 saturated carbocycles. The molecule has 2 aromatic heterocycles. The van der Waals surface area contributed by atoms with Gasteiger partial charge < -0.3 is 10.4 Å². The summed E-state index contributed by atoms with van der Waals surface area (Å²) >= 11 is 0. The lowest BCUT2D eigenvalue weighted by molar-refractivity contribution is 0.0168. The summed E-state index contributed by atoms with van der Waals surface area (Å²) in [6.07, 6.45) is 3.15. The number of hydrogen-bond acceptors (Lipinski definition) is 5. The number of rotatable bonds is 6. The zero-order valence-corrected chi connectivity index (χ0v) is 13.5. The summed E-state index contributed by atoms with van der Waals surface area (Å²) in [5, 5.41) is 11.7. The number of hydrogen-bond donors (Lipinski definition) is 3. The fraction of sp³-hybridized carbons (Fsp3) is 0.176. The van der Waals surface area contributed by atoms with Gasteiger partial charge in [0, 0.05) is 0 Å². The molecule has 1 aromatic carbocycles. The van der Waals surface area contributed by atoms with Gasteiger partial charge in [-0.2, -0.15) is 0 Å². The van der Waals surface area contributed by atoms with Crippen molar-refractivity contribution in [2.45, 2.75) is 6.92 Å². The van der Waals surface area contributed by atoms with Crippen molar-refractivity contribution in [1.82, 2.24) is 14.9 Å². The summed E-state index contributed by atoms with van der Waals surface area (Å²) in [4.78, 5) is 21.3. The summed E-state index contributed by atoms with van der Waals surface area (Å²) < 4.78 is 15.8. The summed E-state index contributed by atoms with van der Waals surface area (Å²) in [6, 6.07) is 8.07. The molecule has 0 atom stereocenters. The van der Waals surface area contributed by atoms with Crippen molar-refractivity contribution < 1.29 is 19.1 Å². The normalized spacial score (nSPS) is 10.8. The Labute approximate surface area is 143 Å². The number of benzene rings is 1. The third-order valence-corrected chi connectivity index (χ3v) is 3.56. The number of aliphatic hydroxyl groups excluding tert-OH is 1. The second-order valence-electron chi connectivity index (χ2n) is 5.40. The van der Waals surface area contributed by atoms with Gasteiger partial charge in [0.05, 0.1) is 36.2 Å². The molecule has 3 N–H and O–H groups in total. The maximum atomic E-state index is 14.2. The van der Waals surface area contributed by atoms with E-state index in [1.54, 1.807) is 41.8 Å². The molecule has 130 valence electrons. The van der Waals surface area contributed by atoms with Crippen LogP contribution in [0.25, 0.3) is 5.52 Å². The van der Waals surface area contributed by atoms with E-state index in [-0.39, 0.29) is 24.5 Å². The van der Waals surface area contributed by atoms with Crippen LogP contribution in [0.2, 0.25) is 0 Å². The standard InChI is InChI=1S/C17H17FN4O3/c1-11-2-5-15(14(18)8-11)20-16-13(17(24)21-25-7-6-23)4-3-12-9-19-10-22(12)16/h2-5,8-10,20,23H,6-7H2,1H3,(H,21,24). The number of fused-ring (bicyclic) bond motifs is 1. The third kappa shape index (κ3) is 3.59. The average Bonchev–Trinajstić information content (AvgIpc) is 3.06. The number of carbonyl (C=O) groups is 1. The van der Waals surface area contributed by atoms with Gasteiger partial charge in [-0.15, -0.1) is 0 Å². The summed E-state index contributed by atoms with van der Waals surface area (Å²) in [5.41, 5.74) is 4.24. The van der Waals surface area contributed by atoms with Crippen molar-refractivity contribution in [3.05, 3.63) is 59.8 Å². The average molecular weight is 344 g/mol. The summed E-state index contributed by atoms with van der Waals surface area (Å²) in [7, 11) is 0. The van der Waals surface area contributed by atoms with Gasteiger partial charge in [0.2, 0.25) is 0 Å². The predicted octanol–water partition coefficient (Wildman–Crippen LogP) is 2.18. The van der Waals surface area contributed by atoms with Gasteiger partial charge in [-0.3, -0.25) is 14.0 Å². The molecule has 0 radical (unpaired) electrons. The molecule has 7 nitrogen and oxygen atoms in total. The summed E-state index contributed by atoms with van der Waals surface area (Å²) in [6.45, 7) is 1.54. The van der Waals surface area contributed by atoms with Gasteiger partial charge in [0.25, 0.3) is 5.91 Å². The highest BCUT2D eigenvalue weighted by molar-refractivity contribution is 5.99. The zero-order valence-electron chi connectivity index (χ0n) is 13.5. The monoisotopic (exact) mass is 344 g/mol. The van der Waals surface area contributed by atoms with E-state index in [0.29, 0.717) is 5.82 Å². The second-order valence-corrected chi connectivity index (χ2v) is 5.40. The smallest absolute Gasteiger partial charge is 0.278 e. The molecule has 0 spiro atoms. The molecule has 3 rings (SSSR count). The van der Waals surface area contributed by atoms with Crippen LogP contribution in [-0.2, 0) is 4.84 Å². The molecule has 8 heteroatoms. The SMILES string of the molecule is Cc1ccc(Nc2c(C(=O)NOCCO)ccc3cncn23)c(F)c1. The first-order valence-electron chi connectivity index (χ1n) is 7.61. The minimum Gasteiger partial charge on any atom is -0.394 e. The number of carbonyl (C=O) groups excluding carboxylic acids is 1. The predicted molar refractivity (Wildman–Crippen MR) is 90.1 cm³/mol. The van der Waals surface area contributed by atoms with Crippen LogP contribution in [0.5, 0.6) is 0 Å². The Balaban J connectivity index is 2.00. The van der Waals surface area contributed by atoms with Crippen LogP contribution >= 0.6 is 0 Å². The lowest BCUT2D eigenvalue weighted by Crippen LogP contribution is -2.26. The van der Waals surface area contributed by atoms with Crippen LogP contribution in [0, 0.1) is 12.7 Å². The molecular formula is C17H17FN4O3. The molecule has 0 bridgehead atoms. The number of aryl methyl sites for hydroxylation is 1. The van der Waals surface area contributed by atoms with Crippen molar-refractivity contribution >= 4 is 22.9 Å². The largest absolute Gasteiger partial charge is 0.394 e. The fourth-order valence-electron chi connectivity index (χ4n) is 2.37.